The molecule has 2 aromatic rings. The highest BCUT2D eigenvalue weighted by molar-refractivity contribution is 5.89. The van der Waals surface area contributed by atoms with Crippen molar-refractivity contribution in [2.75, 3.05) is 13.7 Å². The van der Waals surface area contributed by atoms with E-state index < -0.39 is 24.5 Å². The van der Waals surface area contributed by atoms with Gasteiger partial charge in [-0.2, -0.15) is 0 Å². The Labute approximate surface area is 158 Å². The number of amides is 1. The monoisotopic (exact) mass is 369 g/mol. The van der Waals surface area contributed by atoms with Crippen LogP contribution >= 0.6 is 0 Å². The second-order valence-corrected chi connectivity index (χ2v) is 6.07. The average Bonchev–Trinajstić information content (AvgIpc) is 2.67. The first-order valence-electron chi connectivity index (χ1n) is 8.61. The number of rotatable bonds is 9. The number of ketones is 1. The van der Waals surface area contributed by atoms with E-state index in [1.54, 1.807) is 24.3 Å². The first kappa shape index (κ1) is 20.2. The molecule has 1 atom stereocenters. The van der Waals surface area contributed by atoms with E-state index in [-0.39, 0.29) is 12.2 Å². The van der Waals surface area contributed by atoms with Crippen LogP contribution in [0.15, 0.2) is 54.6 Å². The molecule has 0 heterocycles. The molecule has 0 aliphatic heterocycles. The molecular formula is C21H23NO5. The fourth-order valence-corrected chi connectivity index (χ4v) is 2.58. The summed E-state index contributed by atoms with van der Waals surface area (Å²) >= 11 is 0. The number of nitrogens with one attached hydrogen (secondary N) is 1. The van der Waals surface area contributed by atoms with Crippen LogP contribution in [0.3, 0.4) is 0 Å². The second kappa shape index (κ2) is 10.1. The lowest BCUT2D eigenvalue weighted by atomic mass is 10.0. The molecule has 0 saturated carbocycles. The van der Waals surface area contributed by atoms with Gasteiger partial charge in [0.05, 0.1) is 19.6 Å². The lowest BCUT2D eigenvalue weighted by Gasteiger charge is -2.16. The van der Waals surface area contributed by atoms with E-state index in [1.165, 1.54) is 14.0 Å². The quantitative estimate of drug-likeness (QED) is 0.685. The maximum absolute atomic E-state index is 12.1. The van der Waals surface area contributed by atoms with Crippen LogP contribution < -0.4 is 10.1 Å². The van der Waals surface area contributed by atoms with Crippen molar-refractivity contribution < 1.29 is 23.9 Å². The Hall–Kier alpha value is -3.15. The first-order valence-corrected chi connectivity index (χ1v) is 8.61. The lowest BCUT2D eigenvalue weighted by Crippen LogP contribution is -2.43. The molecule has 0 aromatic heterocycles. The van der Waals surface area contributed by atoms with Gasteiger partial charge in [-0.25, -0.2) is 0 Å². The summed E-state index contributed by atoms with van der Waals surface area (Å²) in [6.45, 7) is 0.980. The Balaban J connectivity index is 1.84. The van der Waals surface area contributed by atoms with Gasteiger partial charge >= 0.3 is 5.97 Å². The van der Waals surface area contributed by atoms with Gasteiger partial charge in [-0.15, -0.1) is 0 Å². The Bertz CT molecular complexity index is 788. The number of methoxy groups -OCH3 is 1. The first-order chi connectivity index (χ1) is 13.0. The zero-order chi connectivity index (χ0) is 19.6. The van der Waals surface area contributed by atoms with E-state index in [9.17, 15) is 14.4 Å². The summed E-state index contributed by atoms with van der Waals surface area (Å²) in [5.41, 5.74) is 1.61. The molecule has 0 radical (unpaired) electrons. The Morgan fingerprint density at radius 1 is 1.00 bits per heavy atom. The third-order valence-electron chi connectivity index (χ3n) is 4.00. The topological polar surface area (TPSA) is 81.7 Å². The van der Waals surface area contributed by atoms with Gasteiger partial charge in [0.1, 0.15) is 5.75 Å². The number of ether oxygens (including phenoxy) is 2. The summed E-state index contributed by atoms with van der Waals surface area (Å²) in [4.78, 5) is 35.8. The highest BCUT2D eigenvalue weighted by Crippen LogP contribution is 2.18. The number of benzene rings is 2. The van der Waals surface area contributed by atoms with Gasteiger partial charge in [0.2, 0.25) is 0 Å². The van der Waals surface area contributed by atoms with Crippen molar-refractivity contribution in [2.24, 2.45) is 0 Å². The van der Waals surface area contributed by atoms with Gasteiger partial charge in [0, 0.05) is 5.56 Å². The number of carbonyl (C=O) groups is 3. The number of hydrogen-bond donors (Lipinski definition) is 1. The van der Waals surface area contributed by atoms with Gasteiger partial charge in [-0.05, 0) is 25.0 Å². The highest BCUT2D eigenvalue weighted by atomic mass is 16.5. The minimum absolute atomic E-state index is 0.00253. The molecule has 0 saturated heterocycles. The molecule has 0 spiro atoms. The van der Waals surface area contributed by atoms with Crippen molar-refractivity contribution in [3.63, 3.8) is 0 Å². The molecule has 0 unspecified atom stereocenters. The Morgan fingerprint density at radius 2 is 1.67 bits per heavy atom. The minimum Gasteiger partial charge on any atom is -0.496 e. The average molecular weight is 369 g/mol. The van der Waals surface area contributed by atoms with Crippen molar-refractivity contribution >= 4 is 17.7 Å². The molecular weight excluding hydrogens is 346 g/mol. The number of carbonyl (C=O) groups excluding carboxylic acids is 3. The molecule has 0 aliphatic carbocycles. The third kappa shape index (κ3) is 6.58. The number of esters is 1. The largest absolute Gasteiger partial charge is 0.496 e. The highest BCUT2D eigenvalue weighted by Gasteiger charge is 2.19. The molecule has 1 N–H and O–H groups in total. The van der Waals surface area contributed by atoms with Crippen LogP contribution in [0.25, 0.3) is 0 Å². The predicted octanol–water partition coefficient (Wildman–Crippen LogP) is 2.10. The molecule has 27 heavy (non-hydrogen) atoms. The maximum atomic E-state index is 12.1. The molecule has 1 amide bonds. The van der Waals surface area contributed by atoms with Crippen molar-refractivity contribution in [3.8, 4) is 5.75 Å². The molecule has 0 fully saturated rings. The van der Waals surface area contributed by atoms with Crippen LogP contribution in [0.1, 0.15) is 18.1 Å². The van der Waals surface area contributed by atoms with Crippen molar-refractivity contribution in [3.05, 3.63) is 65.7 Å². The fraction of sp³-hybridized carbons (Fsp3) is 0.286. The fourth-order valence-electron chi connectivity index (χ4n) is 2.58. The molecule has 0 aliphatic rings. The van der Waals surface area contributed by atoms with Crippen LogP contribution in [0.4, 0.5) is 0 Å². The lowest BCUT2D eigenvalue weighted by molar-refractivity contribution is -0.148. The van der Waals surface area contributed by atoms with E-state index >= 15 is 0 Å². The predicted molar refractivity (Wildman–Crippen MR) is 100 cm³/mol. The van der Waals surface area contributed by atoms with Gasteiger partial charge in [-0.3, -0.25) is 14.4 Å². The zero-order valence-electron chi connectivity index (χ0n) is 15.4. The normalized spacial score (nSPS) is 11.3. The smallest absolute Gasteiger partial charge is 0.310 e. The van der Waals surface area contributed by atoms with Crippen LogP contribution in [-0.2, 0) is 32.0 Å². The zero-order valence-corrected chi connectivity index (χ0v) is 15.4. The van der Waals surface area contributed by atoms with Gasteiger partial charge in [-0.1, -0.05) is 48.5 Å². The molecule has 6 nitrogen and oxygen atoms in total. The maximum Gasteiger partial charge on any atom is 0.310 e. The van der Waals surface area contributed by atoms with Crippen LogP contribution in [0.5, 0.6) is 5.75 Å². The Morgan fingerprint density at radius 3 is 2.33 bits per heavy atom. The van der Waals surface area contributed by atoms with Gasteiger partial charge < -0.3 is 14.8 Å². The van der Waals surface area contributed by atoms with E-state index in [0.29, 0.717) is 17.7 Å². The van der Waals surface area contributed by atoms with Gasteiger partial charge in [0.25, 0.3) is 5.91 Å². The van der Waals surface area contributed by atoms with E-state index in [1.807, 2.05) is 30.3 Å². The summed E-state index contributed by atoms with van der Waals surface area (Å²) in [5.74, 6) is -0.637. The van der Waals surface area contributed by atoms with Crippen molar-refractivity contribution in [1.29, 1.82) is 0 Å². The number of hydrogen-bond acceptors (Lipinski definition) is 5. The Kier molecular flexibility index (Phi) is 7.55. The number of Topliss-reactive ketones (excluding diaryl/α,β-unsaturated/α-hetero) is 1. The standard InChI is InChI=1S/C21H23NO5/c1-15(23)18(12-16-8-4-3-5-9-16)22-20(24)14-27-21(25)13-17-10-6-7-11-19(17)26-2/h3-11,18H,12-14H2,1-2H3,(H,22,24)/t18-/m0/s1. The molecule has 6 heteroatoms. The minimum atomic E-state index is -0.659. The summed E-state index contributed by atoms with van der Waals surface area (Å²) < 4.78 is 10.2. The van der Waals surface area contributed by atoms with E-state index in [4.69, 9.17) is 9.47 Å². The molecule has 142 valence electrons. The van der Waals surface area contributed by atoms with Crippen LogP contribution in [0.2, 0.25) is 0 Å². The summed E-state index contributed by atoms with van der Waals surface area (Å²) in [7, 11) is 1.52. The SMILES string of the molecule is COc1ccccc1CC(=O)OCC(=O)N[C@@H](Cc1ccccc1)C(C)=O. The second-order valence-electron chi connectivity index (χ2n) is 6.07. The van der Waals surface area contributed by atoms with E-state index in [2.05, 4.69) is 5.32 Å². The van der Waals surface area contributed by atoms with Crippen molar-refractivity contribution in [1.82, 2.24) is 5.32 Å². The summed E-state index contributed by atoms with van der Waals surface area (Å²) in [6, 6.07) is 15.8. The van der Waals surface area contributed by atoms with Crippen LogP contribution in [-0.4, -0.2) is 37.4 Å². The molecule has 0 bridgehead atoms. The van der Waals surface area contributed by atoms with E-state index in [0.717, 1.165) is 5.56 Å². The summed E-state index contributed by atoms with van der Waals surface area (Å²) in [6.07, 6.45) is 0.383. The van der Waals surface area contributed by atoms with Crippen LogP contribution in [0, 0.1) is 0 Å². The molecule has 2 rings (SSSR count). The molecule has 2 aromatic carbocycles. The third-order valence-corrected chi connectivity index (χ3v) is 4.00. The van der Waals surface area contributed by atoms with Gasteiger partial charge in [0.15, 0.2) is 12.4 Å². The summed E-state index contributed by atoms with van der Waals surface area (Å²) in [5, 5.41) is 2.62. The number of para-hydroxylation sites is 1. The van der Waals surface area contributed by atoms with Crippen molar-refractivity contribution in [2.45, 2.75) is 25.8 Å².